The van der Waals surface area contributed by atoms with Gasteiger partial charge < -0.3 is 15.7 Å². The number of nitrogens with one attached hydrogen (secondary N) is 2. The summed E-state index contributed by atoms with van der Waals surface area (Å²) in [7, 11) is 1.53. The van der Waals surface area contributed by atoms with Crippen LogP contribution in [0.3, 0.4) is 0 Å². The topological polar surface area (TPSA) is 113 Å². The van der Waals surface area contributed by atoms with Crippen molar-refractivity contribution >= 4 is 34.4 Å². The molecule has 3 aromatic heterocycles. The van der Waals surface area contributed by atoms with Gasteiger partial charge in [-0.2, -0.15) is 11.8 Å². The lowest BCUT2D eigenvalue weighted by molar-refractivity contribution is 0.0738. The Balaban J connectivity index is 1.57. The second-order valence-electron chi connectivity index (χ2n) is 9.96. The van der Waals surface area contributed by atoms with Crippen molar-refractivity contribution in [1.29, 1.82) is 0 Å². The Labute approximate surface area is 231 Å². The summed E-state index contributed by atoms with van der Waals surface area (Å²) in [6.45, 7) is 6.10. The van der Waals surface area contributed by atoms with Gasteiger partial charge in [-0.25, -0.2) is 14.4 Å². The fourth-order valence-electron chi connectivity index (χ4n) is 4.54. The number of halogens is 1. The van der Waals surface area contributed by atoms with Crippen LogP contribution in [0.2, 0.25) is 0 Å². The van der Waals surface area contributed by atoms with Crippen LogP contribution >= 0.6 is 11.8 Å². The molecule has 204 valence electrons. The zero-order valence-corrected chi connectivity index (χ0v) is 23.5. The predicted molar refractivity (Wildman–Crippen MR) is 154 cm³/mol. The number of amides is 1. The van der Waals surface area contributed by atoms with E-state index in [-0.39, 0.29) is 28.7 Å². The maximum absolute atomic E-state index is 14.9. The Morgan fingerprint density at radius 1 is 1.13 bits per heavy atom. The first-order valence-electron chi connectivity index (χ1n) is 12.7. The number of pyridine rings is 2. The van der Waals surface area contributed by atoms with Crippen LogP contribution in [0.25, 0.3) is 22.2 Å². The van der Waals surface area contributed by atoms with Gasteiger partial charge in [0.05, 0.1) is 22.5 Å². The molecule has 0 aliphatic rings. The number of aliphatic hydroxyl groups is 1. The lowest BCUT2D eigenvalue weighted by Crippen LogP contribution is -2.23. The average molecular weight is 549 g/mol. The van der Waals surface area contributed by atoms with Crippen molar-refractivity contribution in [1.82, 2.24) is 25.3 Å². The molecule has 1 aromatic carbocycles. The largest absolute Gasteiger partial charge is 0.384 e. The molecule has 0 aliphatic heterocycles. The maximum atomic E-state index is 14.9. The molecule has 0 bridgehead atoms. The normalized spacial score (nSPS) is 13.2. The molecule has 3 N–H and O–H groups in total. The van der Waals surface area contributed by atoms with E-state index >= 15 is 0 Å². The minimum atomic E-state index is -1.02. The van der Waals surface area contributed by atoms with Crippen LogP contribution in [0.5, 0.6) is 0 Å². The highest BCUT2D eigenvalue weighted by molar-refractivity contribution is 7.98. The maximum Gasteiger partial charge on any atom is 0.251 e. The summed E-state index contributed by atoms with van der Waals surface area (Å²) >= 11 is 1.73. The van der Waals surface area contributed by atoms with Crippen molar-refractivity contribution < 1.29 is 14.3 Å². The number of anilines is 1. The lowest BCUT2D eigenvalue weighted by atomic mass is 9.86. The molecule has 0 saturated heterocycles. The monoisotopic (exact) mass is 548 g/mol. The fourth-order valence-corrected chi connectivity index (χ4v) is 5.38. The van der Waals surface area contributed by atoms with Crippen LogP contribution in [0, 0.1) is 11.7 Å². The molecule has 0 fully saturated rings. The summed E-state index contributed by atoms with van der Waals surface area (Å²) in [4.78, 5) is 30.0. The number of benzene rings is 1. The molecule has 1 amide bonds. The molecule has 39 heavy (non-hydrogen) atoms. The van der Waals surface area contributed by atoms with Gasteiger partial charge in [-0.15, -0.1) is 0 Å². The van der Waals surface area contributed by atoms with E-state index in [0.29, 0.717) is 29.3 Å². The van der Waals surface area contributed by atoms with Crippen LogP contribution in [0.4, 0.5) is 10.2 Å². The van der Waals surface area contributed by atoms with E-state index in [1.165, 1.54) is 19.4 Å². The predicted octanol–water partition coefficient (Wildman–Crippen LogP) is 5.01. The highest BCUT2D eigenvalue weighted by atomic mass is 32.2. The van der Waals surface area contributed by atoms with Crippen LogP contribution in [0.15, 0.2) is 55.1 Å². The number of hydrogen-bond acceptors (Lipinski definition) is 8. The van der Waals surface area contributed by atoms with Crippen molar-refractivity contribution in [2.45, 2.75) is 32.3 Å². The summed E-state index contributed by atoms with van der Waals surface area (Å²) in [6, 6.07) is 10.3. The molecule has 0 saturated carbocycles. The number of rotatable bonds is 10. The summed E-state index contributed by atoms with van der Waals surface area (Å²) in [6.07, 6.45) is 6.80. The molecule has 0 spiro atoms. The minimum absolute atomic E-state index is 0.0142. The van der Waals surface area contributed by atoms with Gasteiger partial charge in [-0.05, 0) is 67.5 Å². The molecule has 4 aromatic rings. The molecule has 10 heteroatoms. The number of aromatic nitrogens is 4. The number of fused-ring (bicyclic) bond motifs is 1. The van der Waals surface area contributed by atoms with Crippen molar-refractivity contribution in [2.24, 2.45) is 5.92 Å². The molecular weight excluding hydrogens is 515 g/mol. The van der Waals surface area contributed by atoms with E-state index in [4.69, 9.17) is 0 Å². The summed E-state index contributed by atoms with van der Waals surface area (Å²) in [5, 5.41) is 16.4. The zero-order chi connectivity index (χ0) is 28.2. The number of thioether (sulfide) groups is 1. The van der Waals surface area contributed by atoms with E-state index in [1.807, 2.05) is 12.1 Å². The first-order valence-corrected chi connectivity index (χ1v) is 14.1. The number of carbonyl (C=O) groups excluding carboxylic acids is 1. The quantitative estimate of drug-likeness (QED) is 0.254. The fraction of sp³-hybridized carbons (Fsp3) is 0.345. The molecule has 2 atom stereocenters. The molecular formula is C29H33FN6O2S. The van der Waals surface area contributed by atoms with Gasteiger partial charge in [-0.1, -0.05) is 13.0 Å². The molecule has 3 heterocycles. The zero-order valence-electron chi connectivity index (χ0n) is 22.7. The van der Waals surface area contributed by atoms with E-state index in [0.717, 1.165) is 16.9 Å². The van der Waals surface area contributed by atoms with Gasteiger partial charge in [0.25, 0.3) is 5.91 Å². The Kier molecular flexibility index (Phi) is 8.76. The van der Waals surface area contributed by atoms with Crippen LogP contribution in [-0.4, -0.2) is 56.6 Å². The van der Waals surface area contributed by atoms with Crippen molar-refractivity contribution in [3.63, 3.8) is 0 Å². The lowest BCUT2D eigenvalue weighted by Gasteiger charge is -2.25. The van der Waals surface area contributed by atoms with Gasteiger partial charge in [0.1, 0.15) is 23.6 Å². The SMILES string of the molecule is CNC(=O)c1ccnc2c(C(C)C(CNc3cc(-c4ccc(C(C)(C)O)nc4)ncn3)CSC)ccc(F)c12. The first kappa shape index (κ1) is 28.4. The first-order chi connectivity index (χ1) is 18.6. The van der Waals surface area contributed by atoms with E-state index in [9.17, 15) is 14.3 Å². The molecule has 8 nitrogen and oxygen atoms in total. The van der Waals surface area contributed by atoms with Crippen molar-refractivity contribution in [2.75, 3.05) is 30.9 Å². The van der Waals surface area contributed by atoms with Gasteiger partial charge in [0.2, 0.25) is 0 Å². The van der Waals surface area contributed by atoms with Gasteiger partial charge >= 0.3 is 0 Å². The Bertz CT molecular complexity index is 1460. The highest BCUT2D eigenvalue weighted by Gasteiger charge is 2.24. The Hall–Kier alpha value is -3.63. The number of hydrogen-bond donors (Lipinski definition) is 3. The molecule has 2 unspecified atom stereocenters. The minimum Gasteiger partial charge on any atom is -0.384 e. The van der Waals surface area contributed by atoms with Crippen molar-refractivity contribution in [3.8, 4) is 11.3 Å². The Morgan fingerprint density at radius 3 is 2.59 bits per heavy atom. The van der Waals surface area contributed by atoms with Crippen LogP contribution in [0.1, 0.15) is 48.3 Å². The van der Waals surface area contributed by atoms with Gasteiger partial charge in [0.15, 0.2) is 0 Å². The van der Waals surface area contributed by atoms with Crippen LogP contribution in [-0.2, 0) is 5.60 Å². The molecule has 0 aliphatic carbocycles. The van der Waals surface area contributed by atoms with Crippen molar-refractivity contribution in [3.05, 3.63) is 77.8 Å². The van der Waals surface area contributed by atoms with Gasteiger partial charge in [-0.3, -0.25) is 14.8 Å². The third-order valence-electron chi connectivity index (χ3n) is 6.82. The number of carbonyl (C=O) groups is 1. The molecule has 0 radical (unpaired) electrons. The van der Waals surface area contributed by atoms with E-state index in [1.54, 1.807) is 56.2 Å². The number of nitrogens with zero attached hydrogens (tertiary/aromatic N) is 4. The standard InChI is InChI=1S/C29H33FN6O2S/c1-17(20-7-8-22(30)26-21(28(37)31-4)10-11-32-27(20)26)19(15-39-5)14-34-25-12-23(35-16-36-25)18-6-9-24(33-13-18)29(2,3)38/h6-13,16-17,19,38H,14-15H2,1-5H3,(H,31,37)(H,34,35,36). The van der Waals surface area contributed by atoms with Crippen LogP contribution < -0.4 is 10.6 Å². The summed E-state index contributed by atoms with van der Waals surface area (Å²) < 4.78 is 14.9. The third-order valence-corrected chi connectivity index (χ3v) is 7.58. The summed E-state index contributed by atoms with van der Waals surface area (Å²) in [5.41, 5.74) is 2.76. The second-order valence-corrected chi connectivity index (χ2v) is 10.9. The average Bonchev–Trinajstić information content (AvgIpc) is 2.94. The smallest absolute Gasteiger partial charge is 0.251 e. The Morgan fingerprint density at radius 2 is 1.92 bits per heavy atom. The van der Waals surface area contributed by atoms with E-state index in [2.05, 4.69) is 43.7 Å². The van der Waals surface area contributed by atoms with Gasteiger partial charge in [0, 0.05) is 43.0 Å². The molecule has 4 rings (SSSR count). The summed E-state index contributed by atoms with van der Waals surface area (Å²) in [5.74, 6) is 0.880. The third kappa shape index (κ3) is 6.34. The van der Waals surface area contributed by atoms with E-state index < -0.39 is 11.4 Å². The highest BCUT2D eigenvalue weighted by Crippen LogP contribution is 2.34. The second kappa shape index (κ2) is 12.0.